The first-order valence-corrected chi connectivity index (χ1v) is 11.0. The summed E-state index contributed by atoms with van der Waals surface area (Å²) in [7, 11) is 1.70. The van der Waals surface area contributed by atoms with Gasteiger partial charge in [0, 0.05) is 36.0 Å². The van der Waals surface area contributed by atoms with Crippen LogP contribution < -0.4 is 5.56 Å². The van der Waals surface area contributed by atoms with E-state index in [0.29, 0.717) is 28.5 Å². The molecule has 140 valence electrons. The molecule has 5 nitrogen and oxygen atoms in total. The van der Waals surface area contributed by atoms with E-state index in [1.54, 1.807) is 35.4 Å². The number of thiophene rings is 2. The highest BCUT2D eigenvalue weighted by Crippen LogP contribution is 2.34. The van der Waals surface area contributed by atoms with Crippen molar-refractivity contribution in [3.63, 3.8) is 0 Å². The van der Waals surface area contributed by atoms with Gasteiger partial charge in [0.1, 0.15) is 4.83 Å². The summed E-state index contributed by atoms with van der Waals surface area (Å²) in [6, 6.07) is 3.97. The van der Waals surface area contributed by atoms with Crippen LogP contribution in [0.3, 0.4) is 0 Å². The fraction of sp³-hybridized carbons (Fsp3) is 0.211. The van der Waals surface area contributed by atoms with Crippen molar-refractivity contribution in [2.75, 3.05) is 18.8 Å². The summed E-state index contributed by atoms with van der Waals surface area (Å²) in [5.74, 6) is 0.163. The number of nitrogens with zero attached hydrogens (tertiary/aromatic N) is 3. The Balaban J connectivity index is 1.87. The summed E-state index contributed by atoms with van der Waals surface area (Å²) >= 11 is 4.33. The lowest BCUT2D eigenvalue weighted by Crippen LogP contribution is -2.33. The van der Waals surface area contributed by atoms with Gasteiger partial charge in [-0.3, -0.25) is 14.2 Å². The number of aromatic nitrogens is 2. The first-order chi connectivity index (χ1) is 13.1. The molecule has 0 bridgehead atoms. The van der Waals surface area contributed by atoms with E-state index in [4.69, 9.17) is 0 Å². The van der Waals surface area contributed by atoms with Crippen molar-refractivity contribution in [2.24, 2.45) is 7.05 Å². The van der Waals surface area contributed by atoms with E-state index in [1.807, 2.05) is 22.9 Å². The van der Waals surface area contributed by atoms with Crippen LogP contribution in [0, 0.1) is 0 Å². The number of carbonyl (C=O) groups excluding carboxylic acids is 1. The zero-order valence-electron chi connectivity index (χ0n) is 14.9. The Morgan fingerprint density at radius 1 is 1.33 bits per heavy atom. The minimum Gasteiger partial charge on any atom is -0.335 e. The van der Waals surface area contributed by atoms with Gasteiger partial charge < -0.3 is 4.90 Å². The van der Waals surface area contributed by atoms with E-state index in [-0.39, 0.29) is 17.2 Å². The number of hydrogen-bond acceptors (Lipinski definition) is 6. The van der Waals surface area contributed by atoms with E-state index >= 15 is 0 Å². The van der Waals surface area contributed by atoms with Crippen LogP contribution in [-0.4, -0.2) is 39.2 Å². The van der Waals surface area contributed by atoms with E-state index in [0.717, 1.165) is 10.4 Å². The molecule has 3 aromatic heterocycles. The molecule has 0 atom stereocenters. The molecule has 0 unspecified atom stereocenters. The molecule has 0 aliphatic heterocycles. The molecule has 0 saturated carbocycles. The molecule has 0 aliphatic rings. The molecule has 0 spiro atoms. The Bertz CT molecular complexity index is 1020. The van der Waals surface area contributed by atoms with E-state index in [2.05, 4.69) is 18.1 Å². The molecule has 0 N–H and O–H groups in total. The Morgan fingerprint density at radius 2 is 2.07 bits per heavy atom. The number of amides is 1. The number of fused-ring (bicyclic) bond motifs is 1. The van der Waals surface area contributed by atoms with Crippen molar-refractivity contribution in [2.45, 2.75) is 5.16 Å². The summed E-state index contributed by atoms with van der Waals surface area (Å²) in [5, 5.41) is 5.14. The van der Waals surface area contributed by atoms with Crippen molar-refractivity contribution in [1.29, 1.82) is 0 Å². The summed E-state index contributed by atoms with van der Waals surface area (Å²) in [6.07, 6.45) is 3.37. The third-order valence-corrected chi connectivity index (χ3v) is 6.73. The second kappa shape index (κ2) is 8.69. The van der Waals surface area contributed by atoms with Gasteiger partial charge in [0.2, 0.25) is 5.91 Å². The molecule has 3 rings (SSSR count). The van der Waals surface area contributed by atoms with Gasteiger partial charge >= 0.3 is 0 Å². The van der Waals surface area contributed by atoms with Gasteiger partial charge in [-0.25, -0.2) is 4.98 Å². The Hall–Kier alpha value is -2.16. The van der Waals surface area contributed by atoms with Crippen LogP contribution in [-0.2, 0) is 11.8 Å². The zero-order valence-corrected chi connectivity index (χ0v) is 17.3. The van der Waals surface area contributed by atoms with Crippen molar-refractivity contribution in [3.8, 4) is 10.4 Å². The standard InChI is InChI=1S/C19H19N3O2S3/c1-4-8-22(9-5-2)15(23)12-27-19-20-17-16(18(24)21(19)3)13(11-26-17)14-7-6-10-25-14/h4-7,10-11H,1-2,8-9,12H2,3H3. The fourth-order valence-electron chi connectivity index (χ4n) is 2.60. The number of hydrogen-bond donors (Lipinski definition) is 0. The molecule has 0 aliphatic carbocycles. The molecule has 8 heteroatoms. The molecule has 0 radical (unpaired) electrons. The second-order valence-corrected chi connectivity index (χ2v) is 8.48. The lowest BCUT2D eigenvalue weighted by molar-refractivity contribution is -0.127. The van der Waals surface area contributed by atoms with E-state index < -0.39 is 0 Å². The van der Waals surface area contributed by atoms with Crippen LogP contribution in [0.4, 0.5) is 0 Å². The minimum atomic E-state index is -0.0892. The quantitative estimate of drug-likeness (QED) is 0.316. The van der Waals surface area contributed by atoms with Gasteiger partial charge in [-0.15, -0.1) is 35.8 Å². The molecular weight excluding hydrogens is 398 g/mol. The number of thioether (sulfide) groups is 1. The van der Waals surface area contributed by atoms with Crippen LogP contribution in [0.25, 0.3) is 20.7 Å². The lowest BCUT2D eigenvalue weighted by atomic mass is 10.2. The third-order valence-electron chi connectivity index (χ3n) is 3.94. The van der Waals surface area contributed by atoms with Crippen LogP contribution in [0.2, 0.25) is 0 Å². The Labute approximate surface area is 169 Å². The van der Waals surface area contributed by atoms with Crippen LogP contribution in [0.1, 0.15) is 0 Å². The van der Waals surface area contributed by atoms with Crippen LogP contribution in [0.15, 0.2) is 58.2 Å². The maximum absolute atomic E-state index is 12.9. The molecule has 3 aromatic rings. The predicted molar refractivity (Wildman–Crippen MR) is 116 cm³/mol. The summed E-state index contributed by atoms with van der Waals surface area (Å²) in [6.45, 7) is 8.28. The third kappa shape index (κ3) is 4.07. The van der Waals surface area contributed by atoms with E-state index in [1.165, 1.54) is 27.7 Å². The van der Waals surface area contributed by atoms with Gasteiger partial charge in [-0.05, 0) is 11.4 Å². The van der Waals surface area contributed by atoms with Crippen molar-refractivity contribution in [1.82, 2.24) is 14.5 Å². The molecule has 0 saturated heterocycles. The minimum absolute atomic E-state index is 0.0420. The smallest absolute Gasteiger partial charge is 0.263 e. The first-order valence-electron chi connectivity index (χ1n) is 8.21. The van der Waals surface area contributed by atoms with Crippen LogP contribution in [0.5, 0.6) is 0 Å². The Morgan fingerprint density at radius 3 is 2.70 bits per heavy atom. The average molecular weight is 418 g/mol. The lowest BCUT2D eigenvalue weighted by Gasteiger charge is -2.19. The average Bonchev–Trinajstić information content (AvgIpc) is 3.32. The van der Waals surface area contributed by atoms with Gasteiger partial charge in [-0.1, -0.05) is 30.0 Å². The summed E-state index contributed by atoms with van der Waals surface area (Å²) in [4.78, 5) is 33.4. The summed E-state index contributed by atoms with van der Waals surface area (Å²) in [5.41, 5.74) is 0.836. The van der Waals surface area contributed by atoms with E-state index in [9.17, 15) is 9.59 Å². The van der Waals surface area contributed by atoms with Gasteiger partial charge in [0.05, 0.1) is 11.1 Å². The SMILES string of the molecule is C=CCN(CC=C)C(=O)CSc1nc2scc(-c3cccs3)c2c(=O)n1C. The highest BCUT2D eigenvalue weighted by molar-refractivity contribution is 7.99. The predicted octanol–water partition coefficient (Wildman–Crippen LogP) is 4.02. The highest BCUT2D eigenvalue weighted by Gasteiger charge is 2.18. The zero-order chi connectivity index (χ0) is 19.4. The van der Waals surface area contributed by atoms with Crippen molar-refractivity contribution < 1.29 is 4.79 Å². The van der Waals surface area contributed by atoms with Crippen LogP contribution >= 0.6 is 34.4 Å². The molecule has 1 amide bonds. The summed E-state index contributed by atoms with van der Waals surface area (Å²) < 4.78 is 1.52. The maximum atomic E-state index is 12.9. The Kier molecular flexibility index (Phi) is 6.30. The number of carbonyl (C=O) groups is 1. The normalized spacial score (nSPS) is 10.9. The molecule has 0 fully saturated rings. The van der Waals surface area contributed by atoms with Crippen molar-refractivity contribution in [3.05, 3.63) is 58.6 Å². The maximum Gasteiger partial charge on any atom is 0.263 e. The fourth-order valence-corrected chi connectivity index (χ4v) is 5.28. The second-order valence-electron chi connectivity index (χ2n) is 5.73. The van der Waals surface area contributed by atoms with Gasteiger partial charge in [0.15, 0.2) is 5.16 Å². The highest BCUT2D eigenvalue weighted by atomic mass is 32.2. The van der Waals surface area contributed by atoms with Gasteiger partial charge in [-0.2, -0.15) is 0 Å². The first kappa shape index (κ1) is 19.6. The topological polar surface area (TPSA) is 55.2 Å². The van der Waals surface area contributed by atoms with Gasteiger partial charge in [0.25, 0.3) is 5.56 Å². The molecular formula is C19H19N3O2S3. The monoisotopic (exact) mass is 417 g/mol. The van der Waals surface area contributed by atoms with Crippen molar-refractivity contribution >= 4 is 50.6 Å². The molecule has 0 aromatic carbocycles. The molecule has 27 heavy (non-hydrogen) atoms. The molecule has 3 heterocycles. The largest absolute Gasteiger partial charge is 0.335 e. The number of rotatable bonds is 8.